The number of amides is 1. The van der Waals surface area contributed by atoms with Crippen LogP contribution in [0.3, 0.4) is 0 Å². The summed E-state index contributed by atoms with van der Waals surface area (Å²) in [5, 5.41) is 2.82. The number of piperazine rings is 1. The molecule has 0 aliphatic carbocycles. The Hall–Kier alpha value is -0.980. The van der Waals surface area contributed by atoms with Gasteiger partial charge in [-0.3, -0.25) is 9.69 Å². The molecule has 0 saturated carbocycles. The second-order valence-electron chi connectivity index (χ2n) is 5.20. The molecule has 0 spiro atoms. The van der Waals surface area contributed by atoms with Gasteiger partial charge in [0.15, 0.2) is 0 Å². The summed E-state index contributed by atoms with van der Waals surface area (Å²) >= 11 is 3.22. The summed E-state index contributed by atoms with van der Waals surface area (Å²) in [5.41, 5.74) is 0.0688. The van der Waals surface area contributed by atoms with E-state index in [-0.39, 0.29) is 17.5 Å². The molecule has 6 heteroatoms. The van der Waals surface area contributed by atoms with Gasteiger partial charge in [-0.25, -0.2) is 4.39 Å². The molecule has 4 nitrogen and oxygen atoms in total. The van der Waals surface area contributed by atoms with Gasteiger partial charge < -0.3 is 10.2 Å². The molecule has 1 fully saturated rings. The maximum absolute atomic E-state index is 13.7. The Labute approximate surface area is 127 Å². The Morgan fingerprint density at radius 3 is 2.90 bits per heavy atom. The topological polar surface area (TPSA) is 35.6 Å². The molecule has 0 aromatic heterocycles. The van der Waals surface area contributed by atoms with Gasteiger partial charge in [0.1, 0.15) is 5.82 Å². The van der Waals surface area contributed by atoms with Gasteiger partial charge in [0.2, 0.25) is 0 Å². The molecule has 2 rings (SSSR count). The zero-order valence-corrected chi connectivity index (χ0v) is 13.3. The number of likely N-dealkylation sites (N-methyl/N-ethyl adjacent to an activating group) is 2. The lowest BCUT2D eigenvalue weighted by atomic mass is 10.1. The summed E-state index contributed by atoms with van der Waals surface area (Å²) in [4.78, 5) is 16.6. The number of rotatable bonds is 3. The first-order valence-corrected chi connectivity index (χ1v) is 7.39. The third kappa shape index (κ3) is 3.56. The van der Waals surface area contributed by atoms with Crippen molar-refractivity contribution in [3.63, 3.8) is 0 Å². The van der Waals surface area contributed by atoms with Crippen LogP contribution in [0.5, 0.6) is 0 Å². The van der Waals surface area contributed by atoms with Crippen LogP contribution in [0.25, 0.3) is 0 Å². The first-order valence-electron chi connectivity index (χ1n) is 6.60. The van der Waals surface area contributed by atoms with Crippen molar-refractivity contribution in [2.24, 2.45) is 0 Å². The van der Waals surface area contributed by atoms with Crippen LogP contribution in [-0.2, 0) is 0 Å². The van der Waals surface area contributed by atoms with Crippen LogP contribution in [0.4, 0.5) is 4.39 Å². The zero-order chi connectivity index (χ0) is 14.7. The van der Waals surface area contributed by atoms with Crippen LogP contribution >= 0.6 is 15.9 Å². The summed E-state index contributed by atoms with van der Waals surface area (Å²) in [7, 11) is 4.11. The van der Waals surface area contributed by atoms with E-state index in [0.29, 0.717) is 11.0 Å². The highest BCUT2D eigenvalue weighted by molar-refractivity contribution is 9.10. The Balaban J connectivity index is 1.98. The smallest absolute Gasteiger partial charge is 0.255 e. The van der Waals surface area contributed by atoms with Gasteiger partial charge in [0.25, 0.3) is 5.91 Å². The second-order valence-corrected chi connectivity index (χ2v) is 6.06. The van der Waals surface area contributed by atoms with E-state index < -0.39 is 5.82 Å². The summed E-state index contributed by atoms with van der Waals surface area (Å²) < 4.78 is 14.2. The fourth-order valence-corrected chi connectivity index (χ4v) is 2.86. The van der Waals surface area contributed by atoms with Crippen LogP contribution in [0.15, 0.2) is 22.7 Å². The fraction of sp³-hybridized carbons (Fsp3) is 0.500. The number of carbonyl (C=O) groups excluding carboxylic acids is 1. The van der Waals surface area contributed by atoms with Crippen molar-refractivity contribution < 1.29 is 9.18 Å². The molecular formula is C14H19BrFN3O. The van der Waals surface area contributed by atoms with E-state index in [4.69, 9.17) is 0 Å². The number of halogens is 2. The maximum Gasteiger partial charge on any atom is 0.255 e. The summed E-state index contributed by atoms with van der Waals surface area (Å²) in [5.74, 6) is -0.886. The summed E-state index contributed by atoms with van der Waals surface area (Å²) in [6.45, 7) is 3.41. The Morgan fingerprint density at radius 2 is 2.20 bits per heavy atom. The standard InChI is InChI=1S/C14H19BrFN3O/c1-18-6-7-19(2)10(9-18)8-17-14(20)13-11(15)4-3-5-12(13)16/h3-5,10H,6-9H2,1-2H3,(H,17,20). The van der Waals surface area contributed by atoms with Crippen molar-refractivity contribution in [1.29, 1.82) is 0 Å². The molecule has 1 aromatic rings. The van der Waals surface area contributed by atoms with Crippen molar-refractivity contribution in [3.05, 3.63) is 34.1 Å². The Kier molecular flexibility index (Phi) is 5.12. The molecule has 1 amide bonds. The van der Waals surface area contributed by atoms with Gasteiger partial charge in [-0.1, -0.05) is 6.07 Å². The first-order chi connectivity index (χ1) is 9.49. The third-order valence-corrected chi connectivity index (χ3v) is 4.33. The van der Waals surface area contributed by atoms with Gasteiger partial charge in [-0.15, -0.1) is 0 Å². The summed E-state index contributed by atoms with van der Waals surface area (Å²) in [6, 6.07) is 4.78. The molecule has 0 bridgehead atoms. The quantitative estimate of drug-likeness (QED) is 0.904. The van der Waals surface area contributed by atoms with E-state index in [9.17, 15) is 9.18 Å². The van der Waals surface area contributed by atoms with E-state index in [1.165, 1.54) is 6.07 Å². The van der Waals surface area contributed by atoms with Crippen molar-refractivity contribution in [2.45, 2.75) is 6.04 Å². The molecule has 20 heavy (non-hydrogen) atoms. The predicted octanol–water partition coefficient (Wildman–Crippen LogP) is 1.56. The lowest BCUT2D eigenvalue weighted by molar-refractivity contribution is 0.0877. The highest BCUT2D eigenvalue weighted by Crippen LogP contribution is 2.19. The van der Waals surface area contributed by atoms with E-state index in [0.717, 1.165) is 19.6 Å². The third-order valence-electron chi connectivity index (χ3n) is 3.67. The average Bonchev–Trinajstić information content (AvgIpc) is 2.39. The number of hydrogen-bond donors (Lipinski definition) is 1. The molecule has 0 radical (unpaired) electrons. The van der Waals surface area contributed by atoms with Crippen LogP contribution in [0, 0.1) is 5.82 Å². The molecule has 1 aliphatic heterocycles. The molecule has 1 aliphatic rings. The number of carbonyl (C=O) groups is 1. The monoisotopic (exact) mass is 343 g/mol. The Bertz CT molecular complexity index is 477. The van der Waals surface area contributed by atoms with Crippen LogP contribution in [0.1, 0.15) is 10.4 Å². The van der Waals surface area contributed by atoms with E-state index >= 15 is 0 Å². The molecule has 1 unspecified atom stereocenters. The molecular weight excluding hydrogens is 325 g/mol. The minimum Gasteiger partial charge on any atom is -0.350 e. The molecule has 1 N–H and O–H groups in total. The predicted molar refractivity (Wildman–Crippen MR) is 80.3 cm³/mol. The Morgan fingerprint density at radius 1 is 1.45 bits per heavy atom. The van der Waals surface area contributed by atoms with Crippen molar-refractivity contribution in [3.8, 4) is 0 Å². The molecule has 1 heterocycles. The van der Waals surface area contributed by atoms with Gasteiger partial charge in [-0.05, 0) is 42.2 Å². The zero-order valence-electron chi connectivity index (χ0n) is 11.7. The minimum atomic E-state index is -0.508. The number of nitrogens with one attached hydrogen (secondary N) is 1. The van der Waals surface area contributed by atoms with Crippen molar-refractivity contribution in [1.82, 2.24) is 15.1 Å². The highest BCUT2D eigenvalue weighted by Gasteiger charge is 2.23. The lowest BCUT2D eigenvalue weighted by Crippen LogP contribution is -2.54. The van der Waals surface area contributed by atoms with Gasteiger partial charge in [-0.2, -0.15) is 0 Å². The lowest BCUT2D eigenvalue weighted by Gasteiger charge is -2.37. The van der Waals surface area contributed by atoms with Gasteiger partial charge in [0, 0.05) is 36.7 Å². The van der Waals surface area contributed by atoms with E-state index in [2.05, 4.69) is 38.1 Å². The molecule has 1 atom stereocenters. The van der Waals surface area contributed by atoms with Crippen LogP contribution in [0.2, 0.25) is 0 Å². The summed E-state index contributed by atoms with van der Waals surface area (Å²) in [6.07, 6.45) is 0. The van der Waals surface area contributed by atoms with Gasteiger partial charge in [0.05, 0.1) is 5.56 Å². The van der Waals surface area contributed by atoms with E-state index in [1.807, 2.05) is 7.05 Å². The van der Waals surface area contributed by atoms with Crippen LogP contribution in [-0.4, -0.2) is 62.0 Å². The number of nitrogens with zero attached hydrogens (tertiary/aromatic N) is 2. The minimum absolute atomic E-state index is 0.0688. The van der Waals surface area contributed by atoms with Crippen LogP contribution < -0.4 is 5.32 Å². The maximum atomic E-state index is 13.7. The highest BCUT2D eigenvalue weighted by atomic mass is 79.9. The average molecular weight is 344 g/mol. The molecule has 110 valence electrons. The molecule has 1 saturated heterocycles. The number of benzene rings is 1. The van der Waals surface area contributed by atoms with E-state index in [1.54, 1.807) is 12.1 Å². The fourth-order valence-electron chi connectivity index (χ4n) is 2.34. The largest absolute Gasteiger partial charge is 0.350 e. The molecule has 1 aromatic carbocycles. The normalized spacial score (nSPS) is 20.9. The van der Waals surface area contributed by atoms with Gasteiger partial charge >= 0.3 is 0 Å². The van der Waals surface area contributed by atoms with Crippen molar-refractivity contribution in [2.75, 3.05) is 40.3 Å². The first kappa shape index (κ1) is 15.4. The number of hydrogen-bond acceptors (Lipinski definition) is 3. The second kappa shape index (κ2) is 6.65. The van der Waals surface area contributed by atoms with Crippen molar-refractivity contribution >= 4 is 21.8 Å². The SMILES string of the molecule is CN1CCN(C)C(CNC(=O)c2c(F)cccc2Br)C1.